The van der Waals surface area contributed by atoms with E-state index >= 15 is 0 Å². The van der Waals surface area contributed by atoms with Crippen LogP contribution in [0, 0.1) is 5.82 Å². The van der Waals surface area contributed by atoms with Crippen LogP contribution in [0.4, 0.5) is 10.2 Å². The molecule has 0 spiro atoms. The lowest BCUT2D eigenvalue weighted by molar-refractivity contribution is 0.628. The van der Waals surface area contributed by atoms with Crippen molar-refractivity contribution in [3.05, 3.63) is 34.6 Å². The topological polar surface area (TPSA) is 43.8 Å². The molecule has 2 rings (SSSR count). The maximum absolute atomic E-state index is 13.1. The van der Waals surface area contributed by atoms with Gasteiger partial charge in [-0.1, -0.05) is 25.4 Å². The molecular formula is C13H15ClFN3. The fraction of sp³-hybridized carbons (Fsp3) is 0.308. The molecular weight excluding hydrogens is 253 g/mol. The van der Waals surface area contributed by atoms with Gasteiger partial charge < -0.3 is 5.73 Å². The maximum atomic E-state index is 13.1. The predicted molar refractivity (Wildman–Crippen MR) is 72.1 cm³/mol. The van der Waals surface area contributed by atoms with E-state index in [2.05, 4.69) is 5.10 Å². The molecule has 0 amide bonds. The number of anilines is 1. The molecule has 1 heterocycles. The average molecular weight is 268 g/mol. The molecule has 1 aromatic heterocycles. The largest absolute Gasteiger partial charge is 0.384 e. The van der Waals surface area contributed by atoms with Crippen LogP contribution in [0.2, 0.25) is 5.02 Å². The van der Waals surface area contributed by atoms with Gasteiger partial charge in [-0.05, 0) is 24.1 Å². The normalized spacial score (nSPS) is 11.2. The number of nitrogens with two attached hydrogens (primary N) is 1. The molecule has 0 aliphatic heterocycles. The third-order valence-electron chi connectivity index (χ3n) is 2.89. The molecule has 0 aliphatic carbocycles. The van der Waals surface area contributed by atoms with Crippen molar-refractivity contribution in [2.45, 2.75) is 19.8 Å². The fourth-order valence-electron chi connectivity index (χ4n) is 2.00. The molecule has 0 saturated carbocycles. The predicted octanol–water partition coefficient (Wildman–Crippen LogP) is 3.59. The van der Waals surface area contributed by atoms with Gasteiger partial charge in [0.2, 0.25) is 0 Å². The van der Waals surface area contributed by atoms with E-state index in [4.69, 9.17) is 17.3 Å². The lowest BCUT2D eigenvalue weighted by Crippen LogP contribution is -2.00. The van der Waals surface area contributed by atoms with Crippen molar-refractivity contribution in [2.24, 2.45) is 7.05 Å². The highest BCUT2D eigenvalue weighted by Crippen LogP contribution is 2.36. The van der Waals surface area contributed by atoms with E-state index in [0.29, 0.717) is 16.4 Å². The zero-order chi connectivity index (χ0) is 13.4. The standard InChI is InChI=1S/C13H15ClFN3/c1-7(2)11-12(17-18(3)13(11)16)9-5-4-8(15)6-10(9)14/h4-7H,16H2,1-3H3. The van der Waals surface area contributed by atoms with E-state index in [1.165, 1.54) is 12.1 Å². The minimum atomic E-state index is -0.362. The van der Waals surface area contributed by atoms with E-state index in [1.54, 1.807) is 17.8 Å². The smallest absolute Gasteiger partial charge is 0.125 e. The zero-order valence-corrected chi connectivity index (χ0v) is 11.3. The molecule has 18 heavy (non-hydrogen) atoms. The average Bonchev–Trinajstić information content (AvgIpc) is 2.55. The first-order chi connectivity index (χ1) is 8.41. The third-order valence-corrected chi connectivity index (χ3v) is 3.21. The summed E-state index contributed by atoms with van der Waals surface area (Å²) in [6, 6.07) is 4.29. The van der Waals surface area contributed by atoms with E-state index < -0.39 is 0 Å². The van der Waals surface area contributed by atoms with Crippen LogP contribution in [0.3, 0.4) is 0 Å². The number of halogens is 2. The molecule has 0 atom stereocenters. The van der Waals surface area contributed by atoms with E-state index in [1.807, 2.05) is 13.8 Å². The molecule has 0 radical (unpaired) electrons. The van der Waals surface area contributed by atoms with E-state index in [9.17, 15) is 4.39 Å². The molecule has 0 unspecified atom stereocenters. The van der Waals surface area contributed by atoms with Crippen molar-refractivity contribution in [3.63, 3.8) is 0 Å². The number of hydrogen-bond acceptors (Lipinski definition) is 2. The number of aryl methyl sites for hydroxylation is 1. The Morgan fingerprint density at radius 3 is 2.61 bits per heavy atom. The van der Waals surface area contributed by atoms with Gasteiger partial charge in [0.05, 0.1) is 10.7 Å². The summed E-state index contributed by atoms with van der Waals surface area (Å²) >= 11 is 6.07. The van der Waals surface area contributed by atoms with Crippen LogP contribution in [0.1, 0.15) is 25.3 Å². The summed E-state index contributed by atoms with van der Waals surface area (Å²) in [5.74, 6) is 0.467. The fourth-order valence-corrected chi connectivity index (χ4v) is 2.26. The summed E-state index contributed by atoms with van der Waals surface area (Å²) in [5, 5.41) is 4.72. The molecule has 96 valence electrons. The lowest BCUT2D eigenvalue weighted by atomic mass is 9.98. The highest BCUT2D eigenvalue weighted by Gasteiger charge is 2.20. The Kier molecular flexibility index (Phi) is 3.30. The zero-order valence-electron chi connectivity index (χ0n) is 10.5. The van der Waals surface area contributed by atoms with Crippen molar-refractivity contribution in [2.75, 3.05) is 5.73 Å². The van der Waals surface area contributed by atoms with Crippen molar-refractivity contribution < 1.29 is 4.39 Å². The Morgan fingerprint density at radius 2 is 2.06 bits per heavy atom. The molecule has 5 heteroatoms. The van der Waals surface area contributed by atoms with Gasteiger partial charge in [0.1, 0.15) is 11.6 Å². The second kappa shape index (κ2) is 4.61. The quantitative estimate of drug-likeness (QED) is 0.904. The van der Waals surface area contributed by atoms with Crippen LogP contribution in [0.25, 0.3) is 11.3 Å². The van der Waals surface area contributed by atoms with Crippen LogP contribution >= 0.6 is 11.6 Å². The second-order valence-electron chi connectivity index (χ2n) is 4.55. The van der Waals surface area contributed by atoms with Crippen LogP contribution in [0.5, 0.6) is 0 Å². The Hall–Kier alpha value is -1.55. The van der Waals surface area contributed by atoms with Gasteiger partial charge in [-0.15, -0.1) is 0 Å². The SMILES string of the molecule is CC(C)c1c(-c2ccc(F)cc2Cl)nn(C)c1N. The molecule has 0 bridgehead atoms. The van der Waals surface area contributed by atoms with Crippen LogP contribution in [-0.2, 0) is 7.05 Å². The van der Waals surface area contributed by atoms with Crippen LogP contribution in [0.15, 0.2) is 18.2 Å². The molecule has 2 N–H and O–H groups in total. The highest BCUT2D eigenvalue weighted by atomic mass is 35.5. The number of nitrogen functional groups attached to an aromatic ring is 1. The summed E-state index contributed by atoms with van der Waals surface area (Å²) in [4.78, 5) is 0. The minimum absolute atomic E-state index is 0.217. The Morgan fingerprint density at radius 1 is 1.39 bits per heavy atom. The minimum Gasteiger partial charge on any atom is -0.384 e. The first-order valence-corrected chi connectivity index (χ1v) is 6.07. The Bertz CT molecular complexity index is 590. The van der Waals surface area contributed by atoms with E-state index in [0.717, 1.165) is 11.3 Å². The van der Waals surface area contributed by atoms with Crippen LogP contribution < -0.4 is 5.73 Å². The summed E-state index contributed by atoms with van der Waals surface area (Å²) in [7, 11) is 1.78. The summed E-state index contributed by atoms with van der Waals surface area (Å²) < 4.78 is 14.7. The van der Waals surface area contributed by atoms with Gasteiger partial charge in [0, 0.05) is 18.2 Å². The number of hydrogen-bond donors (Lipinski definition) is 1. The molecule has 2 aromatic rings. The number of aromatic nitrogens is 2. The van der Waals surface area contributed by atoms with Crippen molar-refractivity contribution in [1.82, 2.24) is 9.78 Å². The summed E-state index contributed by atoms with van der Waals surface area (Å²) in [5.41, 5.74) is 8.36. The van der Waals surface area contributed by atoms with Gasteiger partial charge in [0.15, 0.2) is 0 Å². The van der Waals surface area contributed by atoms with Gasteiger partial charge in [-0.2, -0.15) is 5.10 Å². The van der Waals surface area contributed by atoms with Gasteiger partial charge in [0.25, 0.3) is 0 Å². The number of nitrogens with zero attached hydrogens (tertiary/aromatic N) is 2. The summed E-state index contributed by atoms with van der Waals surface area (Å²) in [6.07, 6.45) is 0. The molecule has 1 aromatic carbocycles. The maximum Gasteiger partial charge on any atom is 0.125 e. The first-order valence-electron chi connectivity index (χ1n) is 5.69. The highest BCUT2D eigenvalue weighted by molar-refractivity contribution is 6.33. The second-order valence-corrected chi connectivity index (χ2v) is 4.96. The monoisotopic (exact) mass is 267 g/mol. The Balaban J connectivity index is 2.67. The first kappa shape index (κ1) is 12.9. The number of benzene rings is 1. The van der Waals surface area contributed by atoms with Gasteiger partial charge >= 0.3 is 0 Å². The number of rotatable bonds is 2. The molecule has 3 nitrogen and oxygen atoms in total. The third kappa shape index (κ3) is 2.08. The van der Waals surface area contributed by atoms with Crippen molar-refractivity contribution >= 4 is 17.4 Å². The molecule has 0 saturated heterocycles. The van der Waals surface area contributed by atoms with E-state index in [-0.39, 0.29) is 11.7 Å². The van der Waals surface area contributed by atoms with Crippen LogP contribution in [-0.4, -0.2) is 9.78 Å². The molecule has 0 fully saturated rings. The lowest BCUT2D eigenvalue weighted by Gasteiger charge is -2.08. The van der Waals surface area contributed by atoms with Crippen molar-refractivity contribution in [3.8, 4) is 11.3 Å². The summed E-state index contributed by atoms with van der Waals surface area (Å²) in [6.45, 7) is 4.07. The van der Waals surface area contributed by atoms with Gasteiger partial charge in [-0.3, -0.25) is 4.68 Å². The Labute approximate surface area is 110 Å². The van der Waals surface area contributed by atoms with Crippen molar-refractivity contribution in [1.29, 1.82) is 0 Å². The van der Waals surface area contributed by atoms with Gasteiger partial charge in [-0.25, -0.2) is 4.39 Å². The molecule has 0 aliphatic rings.